The van der Waals surface area contributed by atoms with E-state index < -0.39 is 0 Å². The highest BCUT2D eigenvalue weighted by Crippen LogP contribution is 2.37. The predicted octanol–water partition coefficient (Wildman–Crippen LogP) is 6.15. The van der Waals surface area contributed by atoms with Crippen molar-refractivity contribution >= 4 is 23.2 Å². The maximum atomic E-state index is 9.11. The molecule has 0 atom stereocenters. The number of methoxy groups -OCH3 is 1. The van der Waals surface area contributed by atoms with Crippen molar-refractivity contribution in [3.05, 3.63) is 81.0 Å². The lowest BCUT2D eigenvalue weighted by Crippen LogP contribution is -2.00. The van der Waals surface area contributed by atoms with Gasteiger partial charge in [-0.2, -0.15) is 5.26 Å². The van der Waals surface area contributed by atoms with Crippen LogP contribution in [0.5, 0.6) is 17.4 Å². The Morgan fingerprint density at radius 3 is 2.61 bits per heavy atom. The van der Waals surface area contributed by atoms with Crippen LogP contribution in [0.25, 0.3) is 0 Å². The number of ether oxygens (including phenoxy) is 2. The number of aryl methyl sites for hydroxylation is 3. The van der Waals surface area contributed by atoms with E-state index in [0.29, 0.717) is 34.4 Å². The first-order chi connectivity index (χ1) is 13.5. The maximum Gasteiger partial charge on any atom is 0.236 e. The van der Waals surface area contributed by atoms with E-state index in [-0.39, 0.29) is 5.02 Å². The fourth-order valence-electron chi connectivity index (χ4n) is 2.82. The van der Waals surface area contributed by atoms with Crippen molar-refractivity contribution < 1.29 is 9.47 Å². The Hall–Kier alpha value is -2.74. The first-order valence-electron chi connectivity index (χ1n) is 8.66. The summed E-state index contributed by atoms with van der Waals surface area (Å²) in [6.07, 6.45) is 1.53. The predicted molar refractivity (Wildman–Crippen MR) is 111 cm³/mol. The normalized spacial score (nSPS) is 10.4. The Morgan fingerprint density at radius 1 is 1.07 bits per heavy atom. The van der Waals surface area contributed by atoms with Crippen LogP contribution in [0.3, 0.4) is 0 Å². The first kappa shape index (κ1) is 20.0. The maximum absolute atomic E-state index is 9.11. The van der Waals surface area contributed by atoms with Gasteiger partial charge in [0.1, 0.15) is 10.8 Å². The molecule has 0 aliphatic carbocycles. The van der Waals surface area contributed by atoms with Crippen molar-refractivity contribution in [3.8, 4) is 23.4 Å². The molecular weight excluding hydrogens is 395 g/mol. The Bertz CT molecular complexity index is 1050. The molecule has 0 saturated heterocycles. The summed E-state index contributed by atoms with van der Waals surface area (Å²) in [5, 5.41) is 9.78. The van der Waals surface area contributed by atoms with Gasteiger partial charge < -0.3 is 9.47 Å². The van der Waals surface area contributed by atoms with Crippen LogP contribution in [0.15, 0.2) is 48.5 Å². The van der Waals surface area contributed by atoms with Gasteiger partial charge >= 0.3 is 0 Å². The van der Waals surface area contributed by atoms with Gasteiger partial charge in [-0.3, -0.25) is 0 Å². The third-order valence-electron chi connectivity index (χ3n) is 4.12. The topological polar surface area (TPSA) is 55.1 Å². The lowest BCUT2D eigenvalue weighted by Gasteiger charge is -2.13. The number of hydrogen-bond acceptors (Lipinski definition) is 4. The van der Waals surface area contributed by atoms with E-state index in [0.717, 1.165) is 12.1 Å². The number of benzene rings is 2. The molecule has 1 heterocycles. The van der Waals surface area contributed by atoms with Crippen LogP contribution in [-0.2, 0) is 12.8 Å². The second kappa shape index (κ2) is 8.97. The summed E-state index contributed by atoms with van der Waals surface area (Å²) in [6, 6.07) is 17.0. The van der Waals surface area contributed by atoms with Crippen LogP contribution in [0.2, 0.25) is 10.0 Å². The molecule has 1 aromatic heterocycles. The largest absolute Gasteiger partial charge is 0.480 e. The highest BCUT2D eigenvalue weighted by molar-refractivity contribution is 6.33. The van der Waals surface area contributed by atoms with Gasteiger partial charge in [0.25, 0.3) is 0 Å². The number of hydrogen-bond donors (Lipinski definition) is 0. The van der Waals surface area contributed by atoms with Crippen LogP contribution in [0.4, 0.5) is 0 Å². The lowest BCUT2D eigenvalue weighted by atomic mass is 10.1. The zero-order valence-corrected chi connectivity index (χ0v) is 17.0. The van der Waals surface area contributed by atoms with Gasteiger partial charge in [0.15, 0.2) is 5.75 Å². The molecule has 2 aromatic carbocycles. The number of pyridine rings is 1. The van der Waals surface area contributed by atoms with E-state index in [9.17, 15) is 0 Å². The van der Waals surface area contributed by atoms with E-state index in [1.165, 1.54) is 18.2 Å². The van der Waals surface area contributed by atoms with Crippen LogP contribution in [0.1, 0.15) is 22.4 Å². The van der Waals surface area contributed by atoms with Crippen LogP contribution in [-0.4, -0.2) is 12.1 Å². The Kier molecular flexibility index (Phi) is 6.41. The number of nitriles is 1. The highest BCUT2D eigenvalue weighted by Gasteiger charge is 2.14. The minimum absolute atomic E-state index is 0.264. The summed E-state index contributed by atoms with van der Waals surface area (Å²) < 4.78 is 11.2. The average Bonchev–Trinajstić information content (AvgIpc) is 2.68. The molecule has 0 fully saturated rings. The summed E-state index contributed by atoms with van der Waals surface area (Å²) >= 11 is 12.4. The van der Waals surface area contributed by atoms with Gasteiger partial charge in [-0.05, 0) is 43.5 Å². The SMILES string of the molecule is COc1nc(CCc2cccc(C)c2)cc(Oc2cc(Cl)cc(C#N)c2)c1Cl. The average molecular weight is 413 g/mol. The van der Waals surface area contributed by atoms with Crippen molar-refractivity contribution in [2.75, 3.05) is 7.11 Å². The van der Waals surface area contributed by atoms with Gasteiger partial charge in [-0.25, -0.2) is 4.98 Å². The molecule has 0 aliphatic heterocycles. The Labute approximate surface area is 174 Å². The van der Waals surface area contributed by atoms with Crippen LogP contribution >= 0.6 is 23.2 Å². The second-order valence-corrected chi connectivity index (χ2v) is 7.13. The number of halogens is 2. The summed E-state index contributed by atoms with van der Waals surface area (Å²) in [5.74, 6) is 1.11. The van der Waals surface area contributed by atoms with Crippen molar-refractivity contribution in [1.82, 2.24) is 4.98 Å². The van der Waals surface area contributed by atoms with Crippen LogP contribution in [0, 0.1) is 18.3 Å². The summed E-state index contributed by atoms with van der Waals surface area (Å²) in [7, 11) is 1.51. The first-order valence-corrected chi connectivity index (χ1v) is 9.41. The molecule has 0 aliphatic rings. The molecule has 0 unspecified atom stereocenters. The standard InChI is InChI=1S/C22H18Cl2N2O2/c1-14-4-3-5-15(8-14)6-7-18-12-20(21(24)22(26-18)27-2)28-19-10-16(13-25)9-17(23)11-19/h3-5,8-12H,6-7H2,1-2H3. The zero-order chi connectivity index (χ0) is 20.1. The minimum Gasteiger partial charge on any atom is -0.480 e. The summed E-state index contributed by atoms with van der Waals surface area (Å²) in [4.78, 5) is 4.47. The molecule has 28 heavy (non-hydrogen) atoms. The Balaban J connectivity index is 1.87. The molecule has 0 amide bonds. The molecule has 0 spiro atoms. The lowest BCUT2D eigenvalue weighted by molar-refractivity contribution is 0.390. The monoisotopic (exact) mass is 412 g/mol. The molecule has 0 radical (unpaired) electrons. The van der Waals surface area contributed by atoms with E-state index in [2.05, 4.69) is 36.2 Å². The van der Waals surface area contributed by atoms with Crippen molar-refractivity contribution in [1.29, 1.82) is 5.26 Å². The highest BCUT2D eigenvalue weighted by atomic mass is 35.5. The third kappa shape index (κ3) is 4.95. The molecule has 4 nitrogen and oxygen atoms in total. The smallest absolute Gasteiger partial charge is 0.236 e. The van der Waals surface area contributed by atoms with E-state index >= 15 is 0 Å². The molecular formula is C22H18Cl2N2O2. The summed E-state index contributed by atoms with van der Waals surface area (Å²) in [6.45, 7) is 2.07. The minimum atomic E-state index is 0.264. The van der Waals surface area contributed by atoms with Gasteiger partial charge in [-0.15, -0.1) is 0 Å². The molecule has 142 valence electrons. The fraction of sp³-hybridized carbons (Fsp3) is 0.182. The fourth-order valence-corrected chi connectivity index (χ4v) is 3.26. The number of rotatable bonds is 6. The molecule has 0 N–H and O–H groups in total. The van der Waals surface area contributed by atoms with Crippen LogP contribution < -0.4 is 9.47 Å². The number of nitrogens with zero attached hydrogens (tertiary/aromatic N) is 2. The van der Waals surface area contributed by atoms with Crippen molar-refractivity contribution in [2.45, 2.75) is 19.8 Å². The zero-order valence-electron chi connectivity index (χ0n) is 15.5. The van der Waals surface area contributed by atoms with Crippen molar-refractivity contribution in [2.24, 2.45) is 0 Å². The molecule has 3 aromatic rings. The van der Waals surface area contributed by atoms with E-state index in [1.807, 2.05) is 6.07 Å². The third-order valence-corrected chi connectivity index (χ3v) is 4.69. The van der Waals surface area contributed by atoms with Gasteiger partial charge in [0, 0.05) is 16.8 Å². The van der Waals surface area contributed by atoms with Gasteiger partial charge in [0.05, 0.1) is 18.7 Å². The molecule has 0 saturated carbocycles. The van der Waals surface area contributed by atoms with E-state index in [4.69, 9.17) is 37.9 Å². The quantitative estimate of drug-likeness (QED) is 0.486. The molecule has 0 bridgehead atoms. The number of aromatic nitrogens is 1. The Morgan fingerprint density at radius 2 is 1.89 bits per heavy atom. The molecule has 6 heteroatoms. The second-order valence-electron chi connectivity index (χ2n) is 6.31. The summed E-state index contributed by atoms with van der Waals surface area (Å²) in [5.41, 5.74) is 3.64. The van der Waals surface area contributed by atoms with E-state index in [1.54, 1.807) is 24.3 Å². The van der Waals surface area contributed by atoms with Gasteiger partial charge in [0.2, 0.25) is 5.88 Å². The van der Waals surface area contributed by atoms with Crippen molar-refractivity contribution in [3.63, 3.8) is 0 Å². The van der Waals surface area contributed by atoms with Gasteiger partial charge in [-0.1, -0.05) is 53.0 Å². The molecule has 3 rings (SSSR count).